The average Bonchev–Trinajstić information content (AvgIpc) is 2.72. The lowest BCUT2D eigenvalue weighted by atomic mass is 10.0. The number of nitrogens with one attached hydrogen (secondary N) is 1. The Bertz CT molecular complexity index is 1150. The number of urea groups is 1. The minimum atomic E-state index is -0.832. The van der Waals surface area contributed by atoms with E-state index in [1.807, 2.05) is 0 Å². The second-order valence-electron chi connectivity index (χ2n) is 6.41. The number of imide groups is 2. The van der Waals surface area contributed by atoms with E-state index in [0.29, 0.717) is 27.2 Å². The number of hydrogen-bond donors (Lipinski definition) is 1. The standard InChI is InChI=1S/C23H16BrClN2O4/c1-3-5-15-11-14(13-19(24)20(15)31-10-4-2)12-18-21(28)26-23(30)27(22(18)29)17-8-6-16(25)7-9-17/h2-3,6-9,11-13H,1,5,10H2,(H,26,28,30)/b18-12+. The summed E-state index contributed by atoms with van der Waals surface area (Å²) in [4.78, 5) is 38.6. The van der Waals surface area contributed by atoms with Gasteiger partial charge in [0.2, 0.25) is 0 Å². The van der Waals surface area contributed by atoms with Crippen molar-refractivity contribution in [1.82, 2.24) is 5.32 Å². The van der Waals surface area contributed by atoms with Crippen molar-refractivity contribution < 1.29 is 19.1 Å². The van der Waals surface area contributed by atoms with Gasteiger partial charge in [-0.1, -0.05) is 23.6 Å². The third-order valence-electron chi connectivity index (χ3n) is 4.30. The first-order chi connectivity index (χ1) is 14.8. The number of hydrogen-bond acceptors (Lipinski definition) is 4. The van der Waals surface area contributed by atoms with E-state index in [2.05, 4.69) is 33.7 Å². The van der Waals surface area contributed by atoms with Crippen LogP contribution in [-0.2, 0) is 16.0 Å². The molecular formula is C23H16BrClN2O4. The normalized spacial score (nSPS) is 14.9. The maximum absolute atomic E-state index is 13.0. The summed E-state index contributed by atoms with van der Waals surface area (Å²) in [5.74, 6) is 1.43. The lowest BCUT2D eigenvalue weighted by Gasteiger charge is -2.26. The summed E-state index contributed by atoms with van der Waals surface area (Å²) >= 11 is 9.32. The van der Waals surface area contributed by atoms with Crippen LogP contribution in [0.15, 0.2) is 59.1 Å². The van der Waals surface area contributed by atoms with Crippen molar-refractivity contribution in [2.45, 2.75) is 6.42 Å². The van der Waals surface area contributed by atoms with E-state index in [9.17, 15) is 14.4 Å². The highest BCUT2D eigenvalue weighted by atomic mass is 79.9. The van der Waals surface area contributed by atoms with E-state index in [1.165, 1.54) is 18.2 Å². The number of rotatable bonds is 6. The summed E-state index contributed by atoms with van der Waals surface area (Å²) in [6.45, 7) is 3.82. The summed E-state index contributed by atoms with van der Waals surface area (Å²) in [6.07, 6.45) is 8.86. The lowest BCUT2D eigenvalue weighted by molar-refractivity contribution is -0.122. The van der Waals surface area contributed by atoms with Crippen LogP contribution in [-0.4, -0.2) is 24.5 Å². The molecule has 6 nitrogen and oxygen atoms in total. The molecule has 0 aliphatic carbocycles. The molecule has 1 aliphatic heterocycles. The minimum absolute atomic E-state index is 0.0855. The number of terminal acetylenes is 1. The van der Waals surface area contributed by atoms with Gasteiger partial charge in [0.1, 0.15) is 17.9 Å². The van der Waals surface area contributed by atoms with Crippen molar-refractivity contribution in [1.29, 1.82) is 0 Å². The molecule has 0 saturated carbocycles. The smallest absolute Gasteiger partial charge is 0.335 e. The summed E-state index contributed by atoms with van der Waals surface area (Å²) < 4.78 is 6.19. The SMILES string of the molecule is C#CCOc1c(Br)cc(/C=C2\C(=O)NC(=O)N(c3ccc(Cl)cc3)C2=O)cc1CC=C. The highest BCUT2D eigenvalue weighted by Gasteiger charge is 2.36. The minimum Gasteiger partial charge on any atom is -0.479 e. The van der Waals surface area contributed by atoms with E-state index < -0.39 is 17.8 Å². The van der Waals surface area contributed by atoms with Crippen LogP contribution in [0.4, 0.5) is 10.5 Å². The number of anilines is 1. The molecule has 0 radical (unpaired) electrons. The van der Waals surface area contributed by atoms with Crippen LogP contribution in [0.5, 0.6) is 5.75 Å². The van der Waals surface area contributed by atoms with Gasteiger partial charge in [-0.3, -0.25) is 14.9 Å². The number of allylic oxidation sites excluding steroid dienone is 1. The van der Waals surface area contributed by atoms with Gasteiger partial charge in [-0.05, 0) is 76.0 Å². The largest absolute Gasteiger partial charge is 0.479 e. The van der Waals surface area contributed by atoms with E-state index in [1.54, 1.807) is 30.3 Å². The second-order valence-corrected chi connectivity index (χ2v) is 7.70. The summed E-state index contributed by atoms with van der Waals surface area (Å²) in [5, 5.41) is 2.64. The van der Waals surface area contributed by atoms with Gasteiger partial charge in [-0.2, -0.15) is 0 Å². The van der Waals surface area contributed by atoms with Gasteiger partial charge >= 0.3 is 6.03 Å². The molecule has 8 heteroatoms. The number of benzene rings is 2. The Labute approximate surface area is 192 Å². The molecule has 1 saturated heterocycles. The molecule has 0 bridgehead atoms. The maximum atomic E-state index is 13.0. The first kappa shape index (κ1) is 22.3. The molecule has 0 atom stereocenters. The number of carbonyl (C=O) groups excluding carboxylic acids is 3. The number of amides is 4. The quantitative estimate of drug-likeness (QED) is 0.275. The fourth-order valence-electron chi connectivity index (χ4n) is 2.99. The molecule has 2 aromatic rings. The number of halogens is 2. The van der Waals surface area contributed by atoms with Crippen LogP contribution < -0.4 is 15.0 Å². The zero-order chi connectivity index (χ0) is 22.5. The first-order valence-corrected chi connectivity index (χ1v) is 10.2. The van der Waals surface area contributed by atoms with Crippen molar-refractivity contribution in [3.05, 3.63) is 75.2 Å². The van der Waals surface area contributed by atoms with E-state index >= 15 is 0 Å². The Balaban J connectivity index is 2.03. The Kier molecular flexibility index (Phi) is 6.95. The highest BCUT2D eigenvalue weighted by molar-refractivity contribution is 9.10. The van der Waals surface area contributed by atoms with Crippen LogP contribution in [0, 0.1) is 12.3 Å². The molecule has 1 N–H and O–H groups in total. The predicted octanol–water partition coefficient (Wildman–Crippen LogP) is 4.51. The molecule has 0 aromatic heterocycles. The predicted molar refractivity (Wildman–Crippen MR) is 123 cm³/mol. The van der Waals surface area contributed by atoms with Crippen LogP contribution in [0.3, 0.4) is 0 Å². The Morgan fingerprint density at radius 1 is 1.23 bits per heavy atom. The van der Waals surface area contributed by atoms with Crippen LogP contribution in [0.2, 0.25) is 5.02 Å². The second kappa shape index (κ2) is 9.65. The van der Waals surface area contributed by atoms with Gasteiger partial charge in [0.05, 0.1) is 10.2 Å². The fraction of sp³-hybridized carbons (Fsp3) is 0.0870. The van der Waals surface area contributed by atoms with Crippen LogP contribution in [0.25, 0.3) is 6.08 Å². The fourth-order valence-corrected chi connectivity index (χ4v) is 3.75. The third kappa shape index (κ3) is 4.88. The highest BCUT2D eigenvalue weighted by Crippen LogP contribution is 2.33. The molecule has 1 fully saturated rings. The van der Waals surface area contributed by atoms with E-state index in [-0.39, 0.29) is 17.9 Å². The van der Waals surface area contributed by atoms with Crippen molar-refractivity contribution in [3.8, 4) is 18.1 Å². The maximum Gasteiger partial charge on any atom is 0.335 e. The van der Waals surface area contributed by atoms with Crippen molar-refractivity contribution in [2.75, 3.05) is 11.5 Å². The van der Waals surface area contributed by atoms with Gasteiger partial charge < -0.3 is 4.74 Å². The Morgan fingerprint density at radius 2 is 1.94 bits per heavy atom. The summed E-state index contributed by atoms with van der Waals surface area (Å²) in [5.41, 5.74) is 1.42. The average molecular weight is 500 g/mol. The van der Waals surface area contributed by atoms with Crippen LogP contribution in [0.1, 0.15) is 11.1 Å². The molecule has 156 valence electrons. The number of barbiturate groups is 1. The molecule has 31 heavy (non-hydrogen) atoms. The van der Waals surface area contributed by atoms with Gasteiger partial charge in [0.15, 0.2) is 0 Å². The first-order valence-electron chi connectivity index (χ1n) is 9.02. The molecule has 4 amide bonds. The van der Waals surface area contributed by atoms with Gasteiger partial charge in [-0.15, -0.1) is 13.0 Å². The molecular weight excluding hydrogens is 484 g/mol. The molecule has 3 rings (SSSR count). The Morgan fingerprint density at radius 3 is 2.58 bits per heavy atom. The van der Waals surface area contributed by atoms with Gasteiger partial charge in [-0.25, -0.2) is 9.69 Å². The van der Waals surface area contributed by atoms with E-state index in [4.69, 9.17) is 22.8 Å². The zero-order valence-electron chi connectivity index (χ0n) is 16.2. The van der Waals surface area contributed by atoms with Gasteiger partial charge in [0, 0.05) is 5.02 Å². The molecule has 2 aromatic carbocycles. The van der Waals surface area contributed by atoms with E-state index in [0.717, 1.165) is 10.5 Å². The van der Waals surface area contributed by atoms with Crippen molar-refractivity contribution >= 4 is 57.1 Å². The number of ether oxygens (including phenoxy) is 1. The van der Waals surface area contributed by atoms with Gasteiger partial charge in [0.25, 0.3) is 11.8 Å². The number of carbonyl (C=O) groups is 3. The summed E-state index contributed by atoms with van der Waals surface area (Å²) in [6, 6.07) is 8.74. The Hall–Kier alpha value is -3.34. The molecule has 1 heterocycles. The molecule has 0 spiro atoms. The number of nitrogens with zero attached hydrogens (tertiary/aromatic N) is 1. The van der Waals surface area contributed by atoms with Crippen LogP contribution >= 0.6 is 27.5 Å². The molecule has 0 unspecified atom stereocenters. The zero-order valence-corrected chi connectivity index (χ0v) is 18.5. The van der Waals surface area contributed by atoms with Crippen molar-refractivity contribution in [2.24, 2.45) is 0 Å². The third-order valence-corrected chi connectivity index (χ3v) is 5.15. The lowest BCUT2D eigenvalue weighted by Crippen LogP contribution is -2.54. The summed E-state index contributed by atoms with van der Waals surface area (Å²) in [7, 11) is 0. The topological polar surface area (TPSA) is 75.7 Å². The molecule has 1 aliphatic rings. The van der Waals surface area contributed by atoms with Crippen molar-refractivity contribution in [3.63, 3.8) is 0 Å². The monoisotopic (exact) mass is 498 g/mol.